The molecule has 2 aromatic rings. The second-order valence-corrected chi connectivity index (χ2v) is 4.66. The Labute approximate surface area is 117 Å². The van der Waals surface area contributed by atoms with Crippen molar-refractivity contribution in [3.8, 4) is 0 Å². The Bertz CT molecular complexity index is 547. The fourth-order valence-corrected chi connectivity index (χ4v) is 2.04. The number of hydrogen-bond donors (Lipinski definition) is 1. The molecule has 0 radical (unpaired) electrons. The molecule has 2 aromatic carbocycles. The van der Waals surface area contributed by atoms with Gasteiger partial charge in [0.25, 0.3) is 0 Å². The fraction of sp³-hybridized carbons (Fsp3) is 0.200. The number of nitrogens with two attached hydrogens (primary N) is 1. The molecule has 0 heterocycles. The van der Waals surface area contributed by atoms with Gasteiger partial charge < -0.3 is 10.5 Å². The Hall–Kier alpha value is -1.42. The van der Waals surface area contributed by atoms with E-state index in [4.69, 9.17) is 22.1 Å². The maximum Gasteiger partial charge on any atom is 0.123 e. The first-order valence-corrected chi connectivity index (χ1v) is 6.38. The molecule has 0 aliphatic heterocycles. The van der Waals surface area contributed by atoms with Crippen LogP contribution in [0.5, 0.6) is 0 Å². The number of hydrogen-bond acceptors (Lipinski definition) is 2. The topological polar surface area (TPSA) is 35.2 Å². The van der Waals surface area contributed by atoms with E-state index in [1.807, 2.05) is 18.2 Å². The van der Waals surface area contributed by atoms with E-state index in [-0.39, 0.29) is 11.9 Å². The molecule has 2 N–H and O–H groups in total. The first kappa shape index (κ1) is 14.0. The van der Waals surface area contributed by atoms with E-state index in [1.54, 1.807) is 18.2 Å². The zero-order valence-electron chi connectivity index (χ0n) is 10.4. The van der Waals surface area contributed by atoms with E-state index in [0.29, 0.717) is 18.2 Å². The average molecular weight is 280 g/mol. The summed E-state index contributed by atoms with van der Waals surface area (Å²) in [5.41, 5.74) is 7.38. The molecule has 0 aliphatic carbocycles. The van der Waals surface area contributed by atoms with Crippen molar-refractivity contribution >= 4 is 11.6 Å². The van der Waals surface area contributed by atoms with Crippen LogP contribution in [0.4, 0.5) is 4.39 Å². The van der Waals surface area contributed by atoms with Crippen LogP contribution in [0, 0.1) is 5.82 Å². The molecule has 0 aliphatic rings. The highest BCUT2D eigenvalue weighted by atomic mass is 35.5. The van der Waals surface area contributed by atoms with Gasteiger partial charge in [0.2, 0.25) is 0 Å². The summed E-state index contributed by atoms with van der Waals surface area (Å²) in [6, 6.07) is 13.7. The van der Waals surface area contributed by atoms with Crippen molar-refractivity contribution in [1.82, 2.24) is 0 Å². The van der Waals surface area contributed by atoms with Crippen LogP contribution in [-0.4, -0.2) is 6.54 Å². The van der Waals surface area contributed by atoms with Crippen LogP contribution in [0.3, 0.4) is 0 Å². The van der Waals surface area contributed by atoms with Crippen LogP contribution in [0.15, 0.2) is 48.5 Å². The lowest BCUT2D eigenvalue weighted by atomic mass is 10.1. The summed E-state index contributed by atoms with van der Waals surface area (Å²) in [5.74, 6) is -0.290. The summed E-state index contributed by atoms with van der Waals surface area (Å²) in [6.45, 7) is 0.683. The standard InChI is InChI=1S/C15H15ClFNO/c16-13-5-1-3-11(7-13)10-19-15(9-18)12-4-2-6-14(17)8-12/h1-8,15H,9-10,18H2. The minimum atomic E-state index is -0.324. The lowest BCUT2D eigenvalue weighted by Crippen LogP contribution is -2.16. The summed E-state index contributed by atoms with van der Waals surface area (Å²) in [4.78, 5) is 0. The number of halogens is 2. The van der Waals surface area contributed by atoms with Gasteiger partial charge in [0.1, 0.15) is 5.82 Å². The van der Waals surface area contributed by atoms with Gasteiger partial charge in [0, 0.05) is 11.6 Å². The van der Waals surface area contributed by atoms with Gasteiger partial charge in [0.05, 0.1) is 12.7 Å². The Kier molecular flexibility index (Phi) is 4.91. The molecule has 0 saturated heterocycles. The van der Waals surface area contributed by atoms with E-state index in [9.17, 15) is 4.39 Å². The summed E-state index contributed by atoms with van der Waals surface area (Å²) in [6.07, 6.45) is -0.324. The Morgan fingerprint density at radius 2 is 1.95 bits per heavy atom. The van der Waals surface area contributed by atoms with Gasteiger partial charge in [0.15, 0.2) is 0 Å². The highest BCUT2D eigenvalue weighted by Gasteiger charge is 2.11. The van der Waals surface area contributed by atoms with E-state index < -0.39 is 0 Å². The van der Waals surface area contributed by atoms with E-state index in [2.05, 4.69) is 0 Å². The molecule has 0 spiro atoms. The highest BCUT2D eigenvalue weighted by molar-refractivity contribution is 6.30. The van der Waals surface area contributed by atoms with Crippen molar-refractivity contribution < 1.29 is 9.13 Å². The maximum absolute atomic E-state index is 13.2. The van der Waals surface area contributed by atoms with Gasteiger partial charge in [-0.1, -0.05) is 35.9 Å². The second kappa shape index (κ2) is 6.66. The molecule has 4 heteroatoms. The molecule has 100 valence electrons. The molecule has 2 nitrogen and oxygen atoms in total. The van der Waals surface area contributed by atoms with Gasteiger partial charge in [-0.2, -0.15) is 0 Å². The minimum Gasteiger partial charge on any atom is -0.368 e. The van der Waals surface area contributed by atoms with Gasteiger partial charge >= 0.3 is 0 Å². The normalized spacial score (nSPS) is 12.4. The molecular weight excluding hydrogens is 265 g/mol. The van der Waals surface area contributed by atoms with E-state index >= 15 is 0 Å². The molecule has 0 bridgehead atoms. The quantitative estimate of drug-likeness (QED) is 0.906. The maximum atomic E-state index is 13.2. The number of ether oxygens (including phenoxy) is 1. The van der Waals surface area contributed by atoms with Crippen molar-refractivity contribution in [1.29, 1.82) is 0 Å². The minimum absolute atomic E-state index is 0.290. The van der Waals surface area contributed by atoms with Gasteiger partial charge in [-0.15, -0.1) is 0 Å². The molecule has 0 amide bonds. The van der Waals surface area contributed by atoms with Crippen molar-refractivity contribution in [3.63, 3.8) is 0 Å². The van der Waals surface area contributed by atoms with E-state index in [0.717, 1.165) is 11.1 Å². The third-order valence-corrected chi connectivity index (χ3v) is 3.01. The van der Waals surface area contributed by atoms with Crippen LogP contribution < -0.4 is 5.73 Å². The van der Waals surface area contributed by atoms with Crippen molar-refractivity contribution in [2.24, 2.45) is 5.73 Å². The number of rotatable bonds is 5. The second-order valence-electron chi connectivity index (χ2n) is 4.22. The molecule has 19 heavy (non-hydrogen) atoms. The molecule has 2 rings (SSSR count). The fourth-order valence-electron chi connectivity index (χ4n) is 1.83. The molecule has 1 unspecified atom stereocenters. The van der Waals surface area contributed by atoms with Crippen LogP contribution in [0.1, 0.15) is 17.2 Å². The molecule has 0 fully saturated rings. The largest absolute Gasteiger partial charge is 0.368 e. The van der Waals surface area contributed by atoms with Gasteiger partial charge in [-0.3, -0.25) is 0 Å². The third kappa shape index (κ3) is 4.03. The zero-order valence-corrected chi connectivity index (χ0v) is 11.1. The first-order valence-electron chi connectivity index (χ1n) is 6.00. The SMILES string of the molecule is NCC(OCc1cccc(Cl)c1)c1cccc(F)c1. The zero-order chi connectivity index (χ0) is 13.7. The van der Waals surface area contributed by atoms with E-state index in [1.165, 1.54) is 12.1 Å². The van der Waals surface area contributed by atoms with Gasteiger partial charge in [-0.25, -0.2) is 4.39 Å². The summed E-state index contributed by atoms with van der Waals surface area (Å²) >= 11 is 5.90. The highest BCUT2D eigenvalue weighted by Crippen LogP contribution is 2.20. The smallest absolute Gasteiger partial charge is 0.123 e. The Morgan fingerprint density at radius 1 is 1.16 bits per heavy atom. The monoisotopic (exact) mass is 279 g/mol. The third-order valence-electron chi connectivity index (χ3n) is 2.77. The predicted octanol–water partition coefficient (Wildman–Crippen LogP) is 3.70. The average Bonchev–Trinajstić information content (AvgIpc) is 2.40. The van der Waals surface area contributed by atoms with Crippen molar-refractivity contribution in [3.05, 3.63) is 70.5 Å². The Balaban J connectivity index is 2.04. The van der Waals surface area contributed by atoms with Crippen molar-refractivity contribution in [2.45, 2.75) is 12.7 Å². The predicted molar refractivity (Wildman–Crippen MR) is 74.4 cm³/mol. The summed E-state index contributed by atoms with van der Waals surface area (Å²) in [5, 5.41) is 0.663. The number of benzene rings is 2. The molecule has 0 saturated carbocycles. The summed E-state index contributed by atoms with van der Waals surface area (Å²) in [7, 11) is 0. The van der Waals surface area contributed by atoms with Crippen LogP contribution in [-0.2, 0) is 11.3 Å². The molecule has 1 atom stereocenters. The van der Waals surface area contributed by atoms with Crippen LogP contribution in [0.2, 0.25) is 5.02 Å². The molecular formula is C15H15ClFNO. The Morgan fingerprint density at radius 3 is 2.63 bits per heavy atom. The van der Waals surface area contributed by atoms with Crippen LogP contribution in [0.25, 0.3) is 0 Å². The lowest BCUT2D eigenvalue weighted by Gasteiger charge is -2.16. The molecule has 0 aromatic heterocycles. The van der Waals surface area contributed by atoms with Crippen LogP contribution >= 0.6 is 11.6 Å². The van der Waals surface area contributed by atoms with Gasteiger partial charge in [-0.05, 0) is 35.4 Å². The first-order chi connectivity index (χ1) is 9.19. The van der Waals surface area contributed by atoms with Crippen molar-refractivity contribution in [2.75, 3.05) is 6.54 Å². The summed E-state index contributed by atoms with van der Waals surface area (Å²) < 4.78 is 18.9. The lowest BCUT2D eigenvalue weighted by molar-refractivity contribution is 0.0454.